The molecule has 1 heterocycles. The van der Waals surface area contributed by atoms with Gasteiger partial charge >= 0.3 is 5.97 Å². The third-order valence-electron chi connectivity index (χ3n) is 2.84. The first kappa shape index (κ1) is 17.7. The summed E-state index contributed by atoms with van der Waals surface area (Å²) in [7, 11) is 0. The summed E-state index contributed by atoms with van der Waals surface area (Å²) in [5.41, 5.74) is 2.82. The molecule has 0 radical (unpaired) electrons. The smallest absolute Gasteiger partial charge is 0.353 e. The lowest BCUT2D eigenvalue weighted by molar-refractivity contribution is -0.418. The highest BCUT2D eigenvalue weighted by atomic mass is 16.8. The van der Waals surface area contributed by atoms with Gasteiger partial charge in [-0.1, -0.05) is 6.58 Å². The van der Waals surface area contributed by atoms with Crippen molar-refractivity contribution < 1.29 is 40.1 Å². The first-order valence-corrected chi connectivity index (χ1v) is 5.98. The third-order valence-corrected chi connectivity index (χ3v) is 2.84. The summed E-state index contributed by atoms with van der Waals surface area (Å²) >= 11 is 0. The van der Waals surface area contributed by atoms with E-state index >= 15 is 0 Å². The monoisotopic (exact) mass is 308 g/mol. The standard InChI is InChI=1S/C11H20N2O8/c1-2-13-3-6(15)11(19)20-5-10(18,4-14)8(21-11)7(16)9(12)17/h2,6,9,13-19H,1,3-5,12H2/b8-7-. The lowest BCUT2D eigenvalue weighted by Crippen LogP contribution is -2.61. The number of ether oxygens (including phenoxy) is 2. The van der Waals surface area contributed by atoms with Gasteiger partial charge in [0, 0.05) is 6.54 Å². The Balaban J connectivity index is 3.08. The van der Waals surface area contributed by atoms with E-state index in [0.717, 1.165) is 0 Å². The van der Waals surface area contributed by atoms with Gasteiger partial charge in [-0.2, -0.15) is 0 Å². The quantitative estimate of drug-likeness (QED) is 0.182. The Labute approximate surface area is 120 Å². The molecule has 1 fully saturated rings. The number of rotatable bonds is 6. The normalized spacial score (nSPS) is 34.6. The Morgan fingerprint density at radius 1 is 1.48 bits per heavy atom. The molecule has 10 nitrogen and oxygen atoms in total. The number of hydrogen-bond donors (Lipinski definition) is 8. The fraction of sp³-hybridized carbons (Fsp3) is 0.636. The maximum Gasteiger partial charge on any atom is 0.353 e. The number of nitrogens with one attached hydrogen (secondary N) is 1. The SMILES string of the molecule is C=CNCC(O)C1(O)OCC(O)(CO)/C(=C(/O)C(N)O)O1. The summed E-state index contributed by atoms with van der Waals surface area (Å²) < 4.78 is 9.67. The third kappa shape index (κ3) is 3.63. The zero-order valence-electron chi connectivity index (χ0n) is 11.1. The van der Waals surface area contributed by atoms with E-state index in [-0.39, 0.29) is 6.54 Å². The van der Waals surface area contributed by atoms with E-state index in [2.05, 4.69) is 11.9 Å². The topological polar surface area (TPSA) is 178 Å². The molecule has 0 aromatic carbocycles. The Bertz CT molecular complexity index is 415. The van der Waals surface area contributed by atoms with E-state index in [9.17, 15) is 20.4 Å². The van der Waals surface area contributed by atoms with E-state index in [1.807, 2.05) is 0 Å². The van der Waals surface area contributed by atoms with Crippen LogP contribution in [0.3, 0.4) is 0 Å². The van der Waals surface area contributed by atoms with E-state index < -0.39 is 48.6 Å². The first-order valence-electron chi connectivity index (χ1n) is 5.98. The molecule has 9 N–H and O–H groups in total. The fourth-order valence-electron chi connectivity index (χ4n) is 1.59. The summed E-state index contributed by atoms with van der Waals surface area (Å²) in [4.78, 5) is 0. The van der Waals surface area contributed by atoms with Crippen molar-refractivity contribution in [2.75, 3.05) is 19.8 Å². The van der Waals surface area contributed by atoms with Gasteiger partial charge in [0.1, 0.15) is 0 Å². The van der Waals surface area contributed by atoms with Crippen molar-refractivity contribution in [3.8, 4) is 0 Å². The van der Waals surface area contributed by atoms with Crippen LogP contribution in [0.2, 0.25) is 0 Å². The van der Waals surface area contributed by atoms with Crippen LogP contribution in [0.15, 0.2) is 24.3 Å². The average Bonchev–Trinajstić information content (AvgIpc) is 2.46. The summed E-state index contributed by atoms with van der Waals surface area (Å²) in [5.74, 6) is -4.45. The minimum Gasteiger partial charge on any atom is -0.505 e. The van der Waals surface area contributed by atoms with Crippen molar-refractivity contribution in [3.05, 3.63) is 24.3 Å². The lowest BCUT2D eigenvalue weighted by atomic mass is 10.0. The summed E-state index contributed by atoms with van der Waals surface area (Å²) in [6.45, 7) is 1.45. The predicted octanol–water partition coefficient (Wildman–Crippen LogP) is -3.46. The minimum absolute atomic E-state index is 0.225. The molecule has 0 spiro atoms. The molecule has 0 aliphatic carbocycles. The minimum atomic E-state index is -2.63. The van der Waals surface area contributed by atoms with Crippen LogP contribution in [0.5, 0.6) is 0 Å². The largest absolute Gasteiger partial charge is 0.505 e. The molecule has 0 aromatic heterocycles. The molecule has 10 heteroatoms. The van der Waals surface area contributed by atoms with E-state index in [0.29, 0.717) is 0 Å². The van der Waals surface area contributed by atoms with Crippen LogP contribution in [-0.2, 0) is 9.47 Å². The Morgan fingerprint density at radius 2 is 2.10 bits per heavy atom. The van der Waals surface area contributed by atoms with Gasteiger partial charge in [0.15, 0.2) is 29.5 Å². The molecular formula is C11H20N2O8. The molecule has 4 unspecified atom stereocenters. The molecule has 21 heavy (non-hydrogen) atoms. The van der Waals surface area contributed by atoms with Crippen molar-refractivity contribution in [2.45, 2.75) is 23.9 Å². The highest BCUT2D eigenvalue weighted by Gasteiger charge is 2.53. The van der Waals surface area contributed by atoms with Gasteiger partial charge in [-0.25, -0.2) is 0 Å². The van der Waals surface area contributed by atoms with Crippen LogP contribution in [0, 0.1) is 0 Å². The Morgan fingerprint density at radius 3 is 2.57 bits per heavy atom. The van der Waals surface area contributed by atoms with E-state index in [1.165, 1.54) is 6.20 Å². The van der Waals surface area contributed by atoms with Crippen LogP contribution < -0.4 is 11.1 Å². The molecule has 0 aromatic rings. The molecule has 0 amide bonds. The van der Waals surface area contributed by atoms with Crippen molar-refractivity contribution in [3.63, 3.8) is 0 Å². The van der Waals surface area contributed by atoms with Gasteiger partial charge < -0.3 is 45.4 Å². The van der Waals surface area contributed by atoms with Crippen LogP contribution >= 0.6 is 0 Å². The second-order valence-electron chi connectivity index (χ2n) is 4.50. The van der Waals surface area contributed by atoms with Gasteiger partial charge in [0.05, 0.1) is 13.2 Å². The Kier molecular flexibility index (Phi) is 5.53. The van der Waals surface area contributed by atoms with Crippen LogP contribution in [-0.4, -0.2) is 74.3 Å². The number of aliphatic hydroxyl groups is 6. The molecule has 0 saturated carbocycles. The summed E-state index contributed by atoms with van der Waals surface area (Å²) in [6.07, 6.45) is -2.32. The van der Waals surface area contributed by atoms with Gasteiger partial charge in [0.25, 0.3) is 0 Å². The van der Waals surface area contributed by atoms with Crippen LogP contribution in [0.4, 0.5) is 0 Å². The zero-order valence-corrected chi connectivity index (χ0v) is 11.1. The van der Waals surface area contributed by atoms with Crippen molar-refractivity contribution >= 4 is 0 Å². The fourth-order valence-corrected chi connectivity index (χ4v) is 1.59. The summed E-state index contributed by atoms with van der Waals surface area (Å²) in [5, 5.41) is 60.3. The molecular weight excluding hydrogens is 288 g/mol. The second-order valence-corrected chi connectivity index (χ2v) is 4.50. The van der Waals surface area contributed by atoms with Crippen LogP contribution in [0.1, 0.15) is 0 Å². The number of aliphatic hydroxyl groups excluding tert-OH is 4. The first-order chi connectivity index (χ1) is 9.70. The Hall–Kier alpha value is -1.40. The van der Waals surface area contributed by atoms with Gasteiger partial charge in [0.2, 0.25) is 0 Å². The maximum absolute atomic E-state index is 10.1. The molecule has 1 aliphatic rings. The number of hydrogen-bond acceptors (Lipinski definition) is 10. The molecule has 0 bridgehead atoms. The van der Waals surface area contributed by atoms with Crippen LogP contribution in [0.25, 0.3) is 0 Å². The highest BCUT2D eigenvalue weighted by molar-refractivity contribution is 5.19. The predicted molar refractivity (Wildman–Crippen MR) is 68.1 cm³/mol. The summed E-state index contributed by atoms with van der Waals surface area (Å²) in [6, 6.07) is 0. The van der Waals surface area contributed by atoms with Crippen molar-refractivity contribution in [1.82, 2.24) is 5.32 Å². The molecule has 4 atom stereocenters. The molecule has 1 saturated heterocycles. The van der Waals surface area contributed by atoms with Gasteiger partial charge in [-0.3, -0.25) is 5.73 Å². The van der Waals surface area contributed by atoms with Crippen molar-refractivity contribution in [1.29, 1.82) is 0 Å². The zero-order chi connectivity index (χ0) is 16.3. The molecule has 122 valence electrons. The van der Waals surface area contributed by atoms with E-state index in [4.69, 9.17) is 25.4 Å². The molecule has 1 aliphatic heterocycles. The van der Waals surface area contributed by atoms with Gasteiger partial charge in [-0.05, 0) is 6.20 Å². The maximum atomic E-state index is 10.1. The van der Waals surface area contributed by atoms with E-state index in [1.54, 1.807) is 0 Å². The number of nitrogens with two attached hydrogens (primary N) is 1. The lowest BCUT2D eigenvalue weighted by Gasteiger charge is -2.43. The second kappa shape index (κ2) is 6.58. The highest BCUT2D eigenvalue weighted by Crippen LogP contribution is 2.34. The average molecular weight is 308 g/mol. The van der Waals surface area contributed by atoms with Gasteiger partial charge in [-0.15, -0.1) is 0 Å². The molecule has 1 rings (SSSR count). The van der Waals surface area contributed by atoms with Crippen molar-refractivity contribution in [2.24, 2.45) is 5.73 Å².